The molecule has 0 aliphatic carbocycles. The van der Waals surface area contributed by atoms with Crippen LogP contribution in [0.3, 0.4) is 0 Å². The summed E-state index contributed by atoms with van der Waals surface area (Å²) < 4.78 is 44.8. The Labute approximate surface area is 236 Å². The van der Waals surface area contributed by atoms with Crippen molar-refractivity contribution in [1.29, 1.82) is 0 Å². The lowest BCUT2D eigenvalue weighted by Crippen LogP contribution is -2.57. The number of anilines is 1. The molecule has 0 radical (unpaired) electrons. The van der Waals surface area contributed by atoms with E-state index in [9.17, 15) is 12.8 Å². The minimum absolute atomic E-state index is 0.000500. The molecule has 0 saturated carbocycles. The van der Waals surface area contributed by atoms with E-state index < -0.39 is 15.7 Å². The zero-order valence-corrected chi connectivity index (χ0v) is 23.8. The molecule has 1 aliphatic rings. The van der Waals surface area contributed by atoms with Crippen molar-refractivity contribution in [1.82, 2.24) is 29.7 Å². The highest BCUT2D eigenvalue weighted by molar-refractivity contribution is 7.90. The number of hydrogen-bond acceptors (Lipinski definition) is 9. The summed E-state index contributed by atoms with van der Waals surface area (Å²) in [7, 11) is -1.50. The summed E-state index contributed by atoms with van der Waals surface area (Å²) in [6.07, 6.45) is 7.54. The molecular weight excluding hydrogens is 545 g/mol. The van der Waals surface area contributed by atoms with E-state index in [1.165, 1.54) is 12.3 Å². The van der Waals surface area contributed by atoms with Gasteiger partial charge >= 0.3 is 0 Å². The molecule has 5 aromatic rings. The van der Waals surface area contributed by atoms with Crippen LogP contribution < -0.4 is 9.64 Å². The van der Waals surface area contributed by atoms with Gasteiger partial charge in [0.2, 0.25) is 0 Å². The number of sulfone groups is 1. The molecule has 41 heavy (non-hydrogen) atoms. The van der Waals surface area contributed by atoms with Crippen molar-refractivity contribution in [3.8, 4) is 34.2 Å². The van der Waals surface area contributed by atoms with E-state index in [2.05, 4.69) is 20.0 Å². The van der Waals surface area contributed by atoms with E-state index in [0.717, 1.165) is 34.0 Å². The molecule has 10 nitrogen and oxygen atoms in total. The SMILES string of the molecule is COc1ccncc1-c1cc2c(cnn2-c2cc(N3C[C@H](CS(C)(=O)=O)[C@H]3C)cc(-c3ccc(F)cn3)n2)c(C)n1. The third kappa shape index (κ3) is 5.10. The fourth-order valence-electron chi connectivity index (χ4n) is 5.30. The summed E-state index contributed by atoms with van der Waals surface area (Å²) in [6, 6.07) is 10.4. The van der Waals surface area contributed by atoms with Gasteiger partial charge in [0.1, 0.15) is 21.4 Å². The first-order chi connectivity index (χ1) is 19.6. The van der Waals surface area contributed by atoms with Crippen molar-refractivity contribution in [3.63, 3.8) is 0 Å². The van der Waals surface area contributed by atoms with Crippen LogP contribution in [-0.4, -0.2) is 69.8 Å². The van der Waals surface area contributed by atoms with E-state index in [0.29, 0.717) is 35.2 Å². The van der Waals surface area contributed by atoms with Crippen LogP contribution in [0.25, 0.3) is 39.4 Å². The Morgan fingerprint density at radius 3 is 2.59 bits per heavy atom. The summed E-state index contributed by atoms with van der Waals surface area (Å²) in [5.74, 6) is 0.894. The number of nitrogens with zero attached hydrogens (tertiary/aromatic N) is 7. The number of aryl methyl sites for hydroxylation is 1. The van der Waals surface area contributed by atoms with Gasteiger partial charge in [0.25, 0.3) is 0 Å². The molecule has 1 aliphatic heterocycles. The van der Waals surface area contributed by atoms with Crippen molar-refractivity contribution >= 4 is 26.4 Å². The van der Waals surface area contributed by atoms with Crippen LogP contribution in [-0.2, 0) is 9.84 Å². The maximum absolute atomic E-state index is 13.7. The van der Waals surface area contributed by atoms with Gasteiger partial charge in [0.15, 0.2) is 5.82 Å². The topological polar surface area (TPSA) is 116 Å². The van der Waals surface area contributed by atoms with Crippen LogP contribution in [0.5, 0.6) is 5.75 Å². The lowest BCUT2D eigenvalue weighted by atomic mass is 9.91. The monoisotopic (exact) mass is 573 g/mol. The van der Waals surface area contributed by atoms with Gasteiger partial charge in [-0.2, -0.15) is 5.10 Å². The lowest BCUT2D eigenvalue weighted by molar-refractivity contribution is 0.341. The smallest absolute Gasteiger partial charge is 0.156 e. The van der Waals surface area contributed by atoms with Gasteiger partial charge in [-0.05, 0) is 44.2 Å². The van der Waals surface area contributed by atoms with Crippen molar-refractivity contribution < 1.29 is 17.5 Å². The van der Waals surface area contributed by atoms with Crippen LogP contribution in [0.4, 0.5) is 10.1 Å². The zero-order valence-electron chi connectivity index (χ0n) is 23.0. The van der Waals surface area contributed by atoms with Crippen molar-refractivity contribution in [2.45, 2.75) is 19.9 Å². The molecule has 5 aromatic heterocycles. The van der Waals surface area contributed by atoms with E-state index in [4.69, 9.17) is 14.7 Å². The molecule has 0 bridgehead atoms. The number of rotatable bonds is 7. The quantitative estimate of drug-likeness (QED) is 0.282. The van der Waals surface area contributed by atoms with E-state index in [1.807, 2.05) is 32.0 Å². The molecule has 1 saturated heterocycles. The Bertz CT molecular complexity index is 1880. The molecule has 210 valence electrons. The Morgan fingerprint density at radius 2 is 1.88 bits per heavy atom. The number of ether oxygens (including phenoxy) is 1. The molecular formula is C29H28FN7O3S. The van der Waals surface area contributed by atoms with Gasteiger partial charge in [-0.1, -0.05) is 0 Å². The molecule has 6 heterocycles. The number of methoxy groups -OCH3 is 1. The lowest BCUT2D eigenvalue weighted by Gasteiger charge is -2.48. The molecule has 12 heteroatoms. The summed E-state index contributed by atoms with van der Waals surface area (Å²) >= 11 is 0. The highest BCUT2D eigenvalue weighted by Crippen LogP contribution is 2.36. The normalized spacial score (nSPS) is 17.0. The third-order valence-corrected chi connectivity index (χ3v) is 8.53. The summed E-state index contributed by atoms with van der Waals surface area (Å²) in [4.78, 5) is 20.3. The van der Waals surface area contributed by atoms with E-state index >= 15 is 0 Å². The largest absolute Gasteiger partial charge is 0.496 e. The second-order valence-corrected chi connectivity index (χ2v) is 12.5. The second-order valence-electron chi connectivity index (χ2n) is 10.3. The maximum atomic E-state index is 13.7. The summed E-state index contributed by atoms with van der Waals surface area (Å²) in [6.45, 7) is 4.52. The Hall–Kier alpha value is -4.45. The second kappa shape index (κ2) is 10.2. The van der Waals surface area contributed by atoms with E-state index in [1.54, 1.807) is 42.5 Å². The van der Waals surface area contributed by atoms with Crippen molar-refractivity contribution in [2.75, 3.05) is 30.6 Å². The van der Waals surface area contributed by atoms with E-state index in [-0.39, 0.29) is 17.7 Å². The number of halogens is 1. The predicted molar refractivity (Wildman–Crippen MR) is 154 cm³/mol. The standard InChI is InChI=1S/C29H28FN7O3S/c1-17-22-14-33-37(27(22)11-25(34-17)23-13-31-8-7-28(23)40-3)29-10-21(36-15-19(18(36)2)16-41(4,38)39)9-26(35-29)24-6-5-20(30)12-32-24/h5-14,18-19H,15-16H2,1-4H3/t18-,19-/m1/s1. The van der Waals surface area contributed by atoms with Crippen molar-refractivity contribution in [3.05, 3.63) is 72.7 Å². The fourth-order valence-corrected chi connectivity index (χ4v) is 6.46. The number of hydrogen-bond donors (Lipinski definition) is 0. The Kier molecular flexibility index (Phi) is 6.65. The van der Waals surface area contributed by atoms with Crippen LogP contribution in [0.1, 0.15) is 12.6 Å². The predicted octanol–water partition coefficient (Wildman–Crippen LogP) is 4.26. The average Bonchev–Trinajstić information content (AvgIpc) is 3.39. The van der Waals surface area contributed by atoms with Crippen molar-refractivity contribution in [2.24, 2.45) is 5.92 Å². The Morgan fingerprint density at radius 1 is 1.05 bits per heavy atom. The van der Waals surface area contributed by atoms with Gasteiger partial charge in [0.05, 0.1) is 53.4 Å². The molecule has 0 amide bonds. The molecule has 0 unspecified atom stereocenters. The fraction of sp³-hybridized carbons (Fsp3) is 0.276. The van der Waals surface area contributed by atoms with Gasteiger partial charge in [0, 0.05) is 60.0 Å². The first-order valence-corrected chi connectivity index (χ1v) is 15.1. The number of pyridine rings is 4. The number of fused-ring (bicyclic) bond motifs is 1. The molecule has 0 spiro atoms. The van der Waals surface area contributed by atoms with Crippen LogP contribution in [0.15, 0.2) is 61.2 Å². The zero-order chi connectivity index (χ0) is 28.9. The van der Waals surface area contributed by atoms with Gasteiger partial charge in [-0.3, -0.25) is 15.0 Å². The average molecular weight is 574 g/mol. The first-order valence-electron chi connectivity index (χ1n) is 13.0. The minimum Gasteiger partial charge on any atom is -0.496 e. The summed E-state index contributed by atoms with van der Waals surface area (Å²) in [5, 5.41) is 5.53. The third-order valence-electron chi connectivity index (χ3n) is 7.49. The molecule has 6 rings (SSSR count). The molecule has 2 atom stereocenters. The molecule has 0 aromatic carbocycles. The van der Waals surface area contributed by atoms with Crippen LogP contribution >= 0.6 is 0 Å². The van der Waals surface area contributed by atoms with Crippen LogP contribution in [0, 0.1) is 18.7 Å². The van der Waals surface area contributed by atoms with Crippen LogP contribution in [0.2, 0.25) is 0 Å². The summed E-state index contributed by atoms with van der Waals surface area (Å²) in [5.41, 5.74) is 4.89. The van der Waals surface area contributed by atoms with Gasteiger partial charge < -0.3 is 9.64 Å². The maximum Gasteiger partial charge on any atom is 0.156 e. The molecule has 1 fully saturated rings. The first kappa shape index (κ1) is 26.8. The van der Waals surface area contributed by atoms with Gasteiger partial charge in [-0.15, -0.1) is 0 Å². The Balaban J connectivity index is 1.48. The number of aromatic nitrogens is 6. The molecule has 0 N–H and O–H groups in total. The minimum atomic E-state index is -3.10. The highest BCUT2D eigenvalue weighted by atomic mass is 32.2. The highest BCUT2D eigenvalue weighted by Gasteiger charge is 2.38. The van der Waals surface area contributed by atoms with Gasteiger partial charge in [-0.25, -0.2) is 22.5 Å².